The highest BCUT2D eigenvalue weighted by molar-refractivity contribution is 5.71. The number of aromatic nitrogens is 2. The Morgan fingerprint density at radius 3 is 2.67 bits per heavy atom. The summed E-state index contributed by atoms with van der Waals surface area (Å²) in [5.41, 5.74) is 0.933. The van der Waals surface area contributed by atoms with E-state index in [2.05, 4.69) is 10.1 Å². The van der Waals surface area contributed by atoms with Gasteiger partial charge in [-0.25, -0.2) is 0 Å². The van der Waals surface area contributed by atoms with Crippen LogP contribution in [0.2, 0.25) is 0 Å². The van der Waals surface area contributed by atoms with Gasteiger partial charge in [-0.05, 0) is 19.4 Å². The van der Waals surface area contributed by atoms with Gasteiger partial charge in [0.15, 0.2) is 0 Å². The Hall–Kier alpha value is -2.21. The molecule has 0 aliphatic carbocycles. The SMILES string of the molecule is CCOC(=O)Cc1nc(C(OCC)c2ccccc2)no1. The van der Waals surface area contributed by atoms with Crippen molar-refractivity contribution in [3.63, 3.8) is 0 Å². The predicted molar refractivity (Wildman–Crippen MR) is 74.5 cm³/mol. The molecule has 0 aliphatic heterocycles. The summed E-state index contributed by atoms with van der Waals surface area (Å²) in [4.78, 5) is 15.6. The zero-order valence-corrected chi connectivity index (χ0v) is 12.1. The van der Waals surface area contributed by atoms with E-state index in [1.54, 1.807) is 6.92 Å². The van der Waals surface area contributed by atoms with Crippen LogP contribution in [0, 0.1) is 0 Å². The lowest BCUT2D eigenvalue weighted by Crippen LogP contribution is -2.10. The van der Waals surface area contributed by atoms with Gasteiger partial charge >= 0.3 is 5.97 Å². The number of carbonyl (C=O) groups excluding carboxylic acids is 1. The largest absolute Gasteiger partial charge is 0.466 e. The van der Waals surface area contributed by atoms with Crippen LogP contribution in [-0.2, 0) is 20.7 Å². The highest BCUT2D eigenvalue weighted by atomic mass is 16.5. The normalized spacial score (nSPS) is 12.1. The third kappa shape index (κ3) is 4.13. The molecular formula is C15H18N2O4. The molecule has 6 heteroatoms. The van der Waals surface area contributed by atoms with Crippen molar-refractivity contribution in [1.82, 2.24) is 10.1 Å². The number of carbonyl (C=O) groups is 1. The van der Waals surface area contributed by atoms with Crippen LogP contribution in [0.1, 0.15) is 37.2 Å². The van der Waals surface area contributed by atoms with Crippen LogP contribution in [0.3, 0.4) is 0 Å². The van der Waals surface area contributed by atoms with Crippen molar-refractivity contribution >= 4 is 5.97 Å². The maximum atomic E-state index is 11.4. The summed E-state index contributed by atoms with van der Waals surface area (Å²) in [5, 5.41) is 3.91. The Morgan fingerprint density at radius 2 is 2.00 bits per heavy atom. The molecular weight excluding hydrogens is 272 g/mol. The molecule has 1 unspecified atom stereocenters. The minimum absolute atomic E-state index is 0.0333. The van der Waals surface area contributed by atoms with E-state index in [1.807, 2.05) is 37.3 Å². The van der Waals surface area contributed by atoms with Gasteiger partial charge in [0.1, 0.15) is 12.5 Å². The Labute approximate surface area is 123 Å². The fourth-order valence-corrected chi connectivity index (χ4v) is 1.90. The van der Waals surface area contributed by atoms with Crippen LogP contribution in [0.25, 0.3) is 0 Å². The fraction of sp³-hybridized carbons (Fsp3) is 0.400. The van der Waals surface area contributed by atoms with E-state index >= 15 is 0 Å². The predicted octanol–water partition coefficient (Wildman–Crippen LogP) is 2.30. The van der Waals surface area contributed by atoms with Crippen LogP contribution in [0.4, 0.5) is 0 Å². The van der Waals surface area contributed by atoms with Crippen LogP contribution >= 0.6 is 0 Å². The second-order valence-electron chi connectivity index (χ2n) is 4.27. The van der Waals surface area contributed by atoms with E-state index in [0.717, 1.165) is 5.56 Å². The summed E-state index contributed by atoms with van der Waals surface area (Å²) in [6.45, 7) is 4.49. The highest BCUT2D eigenvalue weighted by Gasteiger charge is 2.21. The Kier molecular flexibility index (Phi) is 5.45. The molecule has 0 spiro atoms. The lowest BCUT2D eigenvalue weighted by Gasteiger charge is -2.13. The van der Waals surface area contributed by atoms with Crippen molar-refractivity contribution in [1.29, 1.82) is 0 Å². The van der Waals surface area contributed by atoms with E-state index in [-0.39, 0.29) is 18.3 Å². The number of rotatable bonds is 7. The van der Waals surface area contributed by atoms with Gasteiger partial charge in [-0.1, -0.05) is 35.5 Å². The first-order valence-electron chi connectivity index (χ1n) is 6.89. The zero-order valence-electron chi connectivity index (χ0n) is 12.1. The minimum atomic E-state index is -0.407. The fourth-order valence-electron chi connectivity index (χ4n) is 1.90. The van der Waals surface area contributed by atoms with E-state index in [4.69, 9.17) is 14.0 Å². The van der Waals surface area contributed by atoms with Crippen molar-refractivity contribution in [3.8, 4) is 0 Å². The van der Waals surface area contributed by atoms with E-state index in [0.29, 0.717) is 19.0 Å². The molecule has 1 atom stereocenters. The van der Waals surface area contributed by atoms with Gasteiger partial charge in [0, 0.05) is 6.61 Å². The number of ether oxygens (including phenoxy) is 2. The summed E-state index contributed by atoms with van der Waals surface area (Å²) in [7, 11) is 0. The molecule has 0 saturated carbocycles. The molecule has 0 bridgehead atoms. The van der Waals surface area contributed by atoms with E-state index in [1.165, 1.54) is 0 Å². The molecule has 1 heterocycles. The van der Waals surface area contributed by atoms with Crippen LogP contribution in [0.15, 0.2) is 34.9 Å². The Bertz CT molecular complexity index is 568. The molecule has 2 rings (SSSR count). The maximum absolute atomic E-state index is 11.4. The maximum Gasteiger partial charge on any atom is 0.315 e. The number of nitrogens with zero attached hydrogens (tertiary/aromatic N) is 2. The van der Waals surface area contributed by atoms with Crippen LogP contribution in [-0.4, -0.2) is 29.3 Å². The van der Waals surface area contributed by atoms with Gasteiger partial charge in [0.25, 0.3) is 0 Å². The molecule has 6 nitrogen and oxygen atoms in total. The lowest BCUT2D eigenvalue weighted by molar-refractivity contribution is -0.142. The molecule has 21 heavy (non-hydrogen) atoms. The van der Waals surface area contributed by atoms with Crippen molar-refractivity contribution in [2.75, 3.05) is 13.2 Å². The van der Waals surface area contributed by atoms with Crippen LogP contribution in [0.5, 0.6) is 0 Å². The monoisotopic (exact) mass is 290 g/mol. The second kappa shape index (κ2) is 7.54. The van der Waals surface area contributed by atoms with Crippen LogP contribution < -0.4 is 0 Å². The molecule has 1 aromatic heterocycles. The smallest absolute Gasteiger partial charge is 0.315 e. The Morgan fingerprint density at radius 1 is 1.24 bits per heavy atom. The summed E-state index contributed by atoms with van der Waals surface area (Å²) < 4.78 is 15.6. The molecule has 0 fully saturated rings. The average molecular weight is 290 g/mol. The first kappa shape index (κ1) is 15.2. The van der Waals surface area contributed by atoms with Gasteiger partial charge in [-0.15, -0.1) is 0 Å². The van der Waals surface area contributed by atoms with Crippen molar-refractivity contribution < 1.29 is 18.8 Å². The van der Waals surface area contributed by atoms with Crippen molar-refractivity contribution in [3.05, 3.63) is 47.6 Å². The van der Waals surface area contributed by atoms with Crippen molar-refractivity contribution in [2.24, 2.45) is 0 Å². The summed E-state index contributed by atoms with van der Waals surface area (Å²) in [6.07, 6.45) is -0.440. The molecule has 0 N–H and O–H groups in total. The Balaban J connectivity index is 2.15. The topological polar surface area (TPSA) is 74.5 Å². The molecule has 1 aromatic carbocycles. The summed E-state index contributed by atoms with van der Waals surface area (Å²) in [6, 6.07) is 9.63. The van der Waals surface area contributed by atoms with Gasteiger partial charge < -0.3 is 14.0 Å². The number of hydrogen-bond acceptors (Lipinski definition) is 6. The highest BCUT2D eigenvalue weighted by Crippen LogP contribution is 2.23. The van der Waals surface area contributed by atoms with E-state index in [9.17, 15) is 4.79 Å². The zero-order chi connectivity index (χ0) is 15.1. The summed E-state index contributed by atoms with van der Waals surface area (Å²) >= 11 is 0. The number of esters is 1. The number of hydrogen-bond donors (Lipinski definition) is 0. The molecule has 0 saturated heterocycles. The van der Waals surface area contributed by atoms with Crippen molar-refractivity contribution in [2.45, 2.75) is 26.4 Å². The molecule has 0 radical (unpaired) electrons. The molecule has 2 aromatic rings. The first-order chi connectivity index (χ1) is 10.2. The quantitative estimate of drug-likeness (QED) is 0.728. The van der Waals surface area contributed by atoms with Gasteiger partial charge in [-0.3, -0.25) is 4.79 Å². The van der Waals surface area contributed by atoms with Gasteiger partial charge in [0.2, 0.25) is 11.7 Å². The molecule has 112 valence electrons. The van der Waals surface area contributed by atoms with Gasteiger partial charge in [-0.2, -0.15) is 4.98 Å². The second-order valence-corrected chi connectivity index (χ2v) is 4.27. The number of benzene rings is 1. The standard InChI is InChI=1S/C15H18N2O4/c1-3-19-13(18)10-12-16-15(17-21-12)14(20-4-2)11-8-6-5-7-9-11/h5-9,14H,3-4,10H2,1-2H3. The lowest BCUT2D eigenvalue weighted by atomic mass is 10.1. The third-order valence-electron chi connectivity index (χ3n) is 2.75. The molecule has 0 aliphatic rings. The molecule has 0 amide bonds. The third-order valence-corrected chi connectivity index (χ3v) is 2.75. The average Bonchev–Trinajstić information content (AvgIpc) is 2.94. The van der Waals surface area contributed by atoms with E-state index < -0.39 is 6.10 Å². The summed E-state index contributed by atoms with van der Waals surface area (Å²) in [5.74, 6) is 0.242. The minimum Gasteiger partial charge on any atom is -0.466 e. The first-order valence-corrected chi connectivity index (χ1v) is 6.89. The van der Waals surface area contributed by atoms with Gasteiger partial charge in [0.05, 0.1) is 6.61 Å².